The van der Waals surface area contributed by atoms with E-state index in [1.165, 1.54) is 10.6 Å². The fraction of sp³-hybridized carbons (Fsp3) is 0.207. The smallest absolute Gasteiger partial charge is 0.338 e. The number of hydrogen-bond acceptors (Lipinski definition) is 9. The zero-order chi connectivity index (χ0) is 28.6. The van der Waals surface area contributed by atoms with Crippen LogP contribution in [-0.4, -0.2) is 28.7 Å². The van der Waals surface area contributed by atoms with Crippen LogP contribution in [0, 0.1) is 10.1 Å². The lowest BCUT2D eigenvalue weighted by Gasteiger charge is -2.25. The number of furan rings is 1. The van der Waals surface area contributed by atoms with Gasteiger partial charge >= 0.3 is 5.97 Å². The molecule has 2 aromatic carbocycles. The number of fused-ring (bicyclic) bond motifs is 1. The van der Waals surface area contributed by atoms with Crippen LogP contribution >= 0.6 is 11.3 Å². The Morgan fingerprint density at radius 1 is 1.15 bits per heavy atom. The van der Waals surface area contributed by atoms with Crippen LogP contribution in [0.5, 0.6) is 5.75 Å². The van der Waals surface area contributed by atoms with Gasteiger partial charge in [0.1, 0.15) is 17.3 Å². The van der Waals surface area contributed by atoms with Crippen molar-refractivity contribution in [3.8, 4) is 17.1 Å². The van der Waals surface area contributed by atoms with Gasteiger partial charge in [-0.2, -0.15) is 0 Å². The molecule has 0 aliphatic carbocycles. The van der Waals surface area contributed by atoms with E-state index in [0.29, 0.717) is 43.4 Å². The maximum absolute atomic E-state index is 13.8. The summed E-state index contributed by atoms with van der Waals surface area (Å²) in [5.74, 6) is 0.730. The molecule has 4 aromatic rings. The number of aromatic nitrogens is 1. The van der Waals surface area contributed by atoms with Gasteiger partial charge in [-0.25, -0.2) is 9.79 Å². The average molecular weight is 560 g/mol. The highest BCUT2D eigenvalue weighted by Gasteiger charge is 2.34. The van der Waals surface area contributed by atoms with E-state index < -0.39 is 16.9 Å². The number of nitrogens with zero attached hydrogens (tertiary/aromatic N) is 3. The molecule has 0 fully saturated rings. The van der Waals surface area contributed by atoms with Gasteiger partial charge in [0, 0.05) is 12.1 Å². The van der Waals surface area contributed by atoms with Crippen LogP contribution in [0.1, 0.15) is 38.1 Å². The van der Waals surface area contributed by atoms with Crippen LogP contribution < -0.4 is 19.6 Å². The Labute approximate surface area is 232 Å². The maximum Gasteiger partial charge on any atom is 0.338 e. The number of ether oxygens (including phenoxy) is 2. The summed E-state index contributed by atoms with van der Waals surface area (Å²) in [6, 6.07) is 15.9. The van der Waals surface area contributed by atoms with E-state index in [1.54, 1.807) is 88.6 Å². The average Bonchev–Trinajstić information content (AvgIpc) is 3.51. The minimum atomic E-state index is -0.769. The van der Waals surface area contributed by atoms with E-state index in [1.807, 2.05) is 0 Å². The fourth-order valence-electron chi connectivity index (χ4n) is 4.51. The summed E-state index contributed by atoms with van der Waals surface area (Å²) < 4.78 is 18.5. The van der Waals surface area contributed by atoms with Gasteiger partial charge in [0.2, 0.25) is 0 Å². The Bertz CT molecular complexity index is 1830. The zero-order valence-electron chi connectivity index (χ0n) is 22.1. The van der Waals surface area contributed by atoms with E-state index in [0.717, 1.165) is 11.3 Å². The Morgan fingerprint density at radius 3 is 2.55 bits per heavy atom. The van der Waals surface area contributed by atoms with Crippen molar-refractivity contribution in [1.29, 1.82) is 0 Å². The lowest BCUT2D eigenvalue weighted by Crippen LogP contribution is -2.40. The van der Waals surface area contributed by atoms with Crippen LogP contribution in [0.15, 0.2) is 86.1 Å². The molecule has 5 rings (SSSR count). The summed E-state index contributed by atoms with van der Waals surface area (Å²) in [5.41, 5.74) is 1.30. The molecule has 10 nitrogen and oxygen atoms in total. The highest BCUT2D eigenvalue weighted by molar-refractivity contribution is 7.07. The molecule has 0 radical (unpaired) electrons. The number of para-hydroxylation sites is 1. The number of carbonyl (C=O) groups excluding carboxylic acids is 1. The number of carbonyl (C=O) groups is 1. The number of nitro groups is 1. The molecule has 0 saturated carbocycles. The first kappa shape index (κ1) is 26.8. The maximum atomic E-state index is 13.8. The second kappa shape index (κ2) is 10.8. The van der Waals surface area contributed by atoms with Crippen LogP contribution in [0.25, 0.3) is 17.4 Å². The highest BCUT2D eigenvalue weighted by Crippen LogP contribution is 2.33. The van der Waals surface area contributed by atoms with E-state index in [9.17, 15) is 19.7 Å². The predicted octanol–water partition coefficient (Wildman–Crippen LogP) is 4.36. The van der Waals surface area contributed by atoms with Crippen LogP contribution in [0.4, 0.5) is 5.69 Å². The molecular formula is C29H25N3O7S. The van der Waals surface area contributed by atoms with Gasteiger partial charge in [0.05, 0.1) is 45.5 Å². The third-order valence-corrected chi connectivity index (χ3v) is 7.27. The Hall–Kier alpha value is -4.77. The standard InChI is InChI=1S/C29H25N3O7S/c1-16(2)38-28(34)25-17(3)30-29-31(26(25)18-9-11-19(37-4)12-10-18)27(33)24(40-29)15-20-13-14-23(39-20)21-7-5-6-8-22(21)32(35)36/h5-16,26H,1-4H3. The summed E-state index contributed by atoms with van der Waals surface area (Å²) in [6.07, 6.45) is 1.21. The molecular weight excluding hydrogens is 534 g/mol. The molecule has 1 unspecified atom stereocenters. The number of methoxy groups -OCH3 is 1. The second-order valence-corrected chi connectivity index (χ2v) is 10.3. The van der Waals surface area contributed by atoms with E-state index in [2.05, 4.69) is 4.99 Å². The number of rotatable bonds is 7. The normalized spacial score (nSPS) is 15.1. The summed E-state index contributed by atoms with van der Waals surface area (Å²) >= 11 is 1.16. The van der Waals surface area contributed by atoms with Gasteiger partial charge < -0.3 is 13.9 Å². The first-order valence-corrected chi connectivity index (χ1v) is 13.2. The molecule has 0 bridgehead atoms. The number of allylic oxidation sites excluding steroid dienone is 1. The van der Waals surface area contributed by atoms with Gasteiger partial charge in [0.25, 0.3) is 11.2 Å². The number of esters is 1. The lowest BCUT2D eigenvalue weighted by atomic mass is 9.96. The van der Waals surface area contributed by atoms with Crippen LogP contribution in [0.2, 0.25) is 0 Å². The molecule has 40 heavy (non-hydrogen) atoms. The van der Waals surface area contributed by atoms with Crippen molar-refractivity contribution < 1.29 is 23.6 Å². The summed E-state index contributed by atoms with van der Waals surface area (Å²) in [6.45, 7) is 5.23. The third-order valence-electron chi connectivity index (χ3n) is 6.28. The predicted molar refractivity (Wildman–Crippen MR) is 149 cm³/mol. The monoisotopic (exact) mass is 559 g/mol. The molecule has 204 valence electrons. The Morgan fingerprint density at radius 2 is 1.88 bits per heavy atom. The molecule has 0 spiro atoms. The molecule has 1 aliphatic rings. The van der Waals surface area contributed by atoms with Gasteiger partial charge in [0.15, 0.2) is 4.80 Å². The molecule has 1 aliphatic heterocycles. The summed E-state index contributed by atoms with van der Waals surface area (Å²) in [4.78, 5) is 43.0. The minimum absolute atomic E-state index is 0.0847. The van der Waals surface area contributed by atoms with E-state index in [4.69, 9.17) is 13.9 Å². The van der Waals surface area contributed by atoms with Gasteiger partial charge in [-0.1, -0.05) is 35.6 Å². The number of thiazole rings is 1. The SMILES string of the molecule is COc1ccc(C2C(C(=O)OC(C)C)=C(C)N=c3sc(=Cc4ccc(-c5ccccc5[N+](=O)[O-])o4)c(=O)n32)cc1. The van der Waals surface area contributed by atoms with E-state index in [-0.39, 0.29) is 22.9 Å². The molecule has 0 amide bonds. The largest absolute Gasteiger partial charge is 0.497 e. The van der Waals surface area contributed by atoms with Gasteiger partial charge in [-0.3, -0.25) is 19.5 Å². The Balaban J connectivity index is 1.63. The van der Waals surface area contributed by atoms with Crippen molar-refractivity contribution in [2.45, 2.75) is 32.9 Å². The molecule has 11 heteroatoms. The quantitative estimate of drug-likeness (QED) is 0.187. The second-order valence-electron chi connectivity index (χ2n) is 9.29. The van der Waals surface area contributed by atoms with E-state index >= 15 is 0 Å². The van der Waals surface area contributed by atoms with Crippen molar-refractivity contribution in [2.24, 2.45) is 4.99 Å². The Kier molecular flexibility index (Phi) is 7.22. The molecule has 3 heterocycles. The third kappa shape index (κ3) is 4.98. The topological polar surface area (TPSA) is 126 Å². The number of hydrogen-bond donors (Lipinski definition) is 0. The van der Waals surface area contributed by atoms with Crippen LogP contribution in [-0.2, 0) is 9.53 Å². The molecule has 2 aromatic heterocycles. The van der Waals surface area contributed by atoms with Crippen molar-refractivity contribution in [3.05, 3.63) is 113 Å². The summed E-state index contributed by atoms with van der Waals surface area (Å²) in [7, 11) is 1.56. The van der Waals surface area contributed by atoms with Gasteiger partial charge in [-0.05, 0) is 56.7 Å². The minimum Gasteiger partial charge on any atom is -0.497 e. The van der Waals surface area contributed by atoms with Crippen molar-refractivity contribution in [2.75, 3.05) is 7.11 Å². The molecule has 0 saturated heterocycles. The fourth-order valence-corrected chi connectivity index (χ4v) is 5.53. The number of nitro benzene ring substituents is 1. The summed E-state index contributed by atoms with van der Waals surface area (Å²) in [5, 5.41) is 11.5. The lowest BCUT2D eigenvalue weighted by molar-refractivity contribution is -0.384. The zero-order valence-corrected chi connectivity index (χ0v) is 22.9. The number of benzene rings is 2. The first-order valence-electron chi connectivity index (χ1n) is 12.4. The van der Waals surface area contributed by atoms with Crippen molar-refractivity contribution in [1.82, 2.24) is 4.57 Å². The van der Waals surface area contributed by atoms with Crippen molar-refractivity contribution >= 4 is 29.1 Å². The van der Waals surface area contributed by atoms with Gasteiger partial charge in [-0.15, -0.1) is 0 Å². The van der Waals surface area contributed by atoms with Crippen LogP contribution in [0.3, 0.4) is 0 Å². The van der Waals surface area contributed by atoms with Crippen molar-refractivity contribution in [3.63, 3.8) is 0 Å². The first-order chi connectivity index (χ1) is 19.2. The highest BCUT2D eigenvalue weighted by atomic mass is 32.1. The molecule has 0 N–H and O–H groups in total. The molecule has 1 atom stereocenters.